The number of benzene rings is 2. The summed E-state index contributed by atoms with van der Waals surface area (Å²) >= 11 is 0. The van der Waals surface area contributed by atoms with Crippen molar-refractivity contribution < 1.29 is 9.59 Å². The first-order valence-corrected chi connectivity index (χ1v) is 9.88. The molecule has 0 aliphatic heterocycles. The quantitative estimate of drug-likeness (QED) is 0.529. The predicted octanol–water partition coefficient (Wildman–Crippen LogP) is 3.75. The lowest BCUT2D eigenvalue weighted by Gasteiger charge is -2.08. The van der Waals surface area contributed by atoms with Crippen LogP contribution < -0.4 is 10.6 Å². The fourth-order valence-electron chi connectivity index (χ4n) is 3.22. The summed E-state index contributed by atoms with van der Waals surface area (Å²) in [5.74, 6) is 0.0423. The molecule has 2 N–H and O–H groups in total. The molecular weight excluding hydrogens is 350 g/mol. The molecule has 0 bridgehead atoms. The van der Waals surface area contributed by atoms with E-state index in [4.69, 9.17) is 0 Å². The Kier molecular flexibility index (Phi) is 7.24. The smallest absolute Gasteiger partial charge is 0.251 e. The summed E-state index contributed by atoms with van der Waals surface area (Å²) in [4.78, 5) is 23.9. The lowest BCUT2D eigenvalue weighted by Crippen LogP contribution is -2.27. The van der Waals surface area contributed by atoms with Crippen molar-refractivity contribution in [2.75, 3.05) is 13.1 Å². The molecule has 0 aliphatic rings. The highest BCUT2D eigenvalue weighted by atomic mass is 16.2. The van der Waals surface area contributed by atoms with Gasteiger partial charge in [-0.3, -0.25) is 9.59 Å². The van der Waals surface area contributed by atoms with Crippen molar-refractivity contribution in [1.82, 2.24) is 15.2 Å². The lowest BCUT2D eigenvalue weighted by atomic mass is 10.1. The Labute approximate surface area is 165 Å². The zero-order chi connectivity index (χ0) is 19.6. The summed E-state index contributed by atoms with van der Waals surface area (Å²) in [7, 11) is 0. The van der Waals surface area contributed by atoms with E-state index in [1.807, 2.05) is 30.3 Å². The Morgan fingerprint density at radius 3 is 2.43 bits per heavy atom. The van der Waals surface area contributed by atoms with Gasteiger partial charge in [-0.2, -0.15) is 0 Å². The molecule has 146 valence electrons. The highest BCUT2D eigenvalue weighted by Gasteiger charge is 2.04. The SMILES string of the molecule is O=C(CCCCCNC(=O)c1ccccc1)NCCn1ccc2ccccc21. The van der Waals surface area contributed by atoms with Crippen molar-refractivity contribution in [3.8, 4) is 0 Å². The molecule has 1 aromatic heterocycles. The highest BCUT2D eigenvalue weighted by Crippen LogP contribution is 2.14. The average molecular weight is 377 g/mol. The molecule has 3 rings (SSSR count). The Bertz CT molecular complexity index is 902. The van der Waals surface area contributed by atoms with Crippen molar-refractivity contribution in [2.24, 2.45) is 0 Å². The fourth-order valence-corrected chi connectivity index (χ4v) is 3.22. The zero-order valence-corrected chi connectivity index (χ0v) is 16.1. The summed E-state index contributed by atoms with van der Waals surface area (Å²) in [5.41, 5.74) is 1.87. The van der Waals surface area contributed by atoms with Gasteiger partial charge in [-0.05, 0) is 42.5 Å². The number of carbonyl (C=O) groups excluding carboxylic acids is 2. The highest BCUT2D eigenvalue weighted by molar-refractivity contribution is 5.94. The van der Waals surface area contributed by atoms with E-state index in [0.29, 0.717) is 25.1 Å². The maximum absolute atomic E-state index is 12.0. The number of nitrogens with one attached hydrogen (secondary N) is 2. The monoisotopic (exact) mass is 377 g/mol. The fraction of sp³-hybridized carbons (Fsp3) is 0.304. The van der Waals surface area contributed by atoms with Gasteiger partial charge >= 0.3 is 0 Å². The van der Waals surface area contributed by atoms with Crippen molar-refractivity contribution in [2.45, 2.75) is 32.2 Å². The van der Waals surface area contributed by atoms with E-state index >= 15 is 0 Å². The third kappa shape index (κ3) is 5.71. The second-order valence-corrected chi connectivity index (χ2v) is 6.85. The van der Waals surface area contributed by atoms with Crippen LogP contribution in [0.15, 0.2) is 66.9 Å². The van der Waals surface area contributed by atoms with Gasteiger partial charge < -0.3 is 15.2 Å². The Balaban J connectivity index is 1.24. The first-order valence-electron chi connectivity index (χ1n) is 9.88. The molecule has 0 spiro atoms. The van der Waals surface area contributed by atoms with Gasteiger partial charge in [0, 0.05) is 43.3 Å². The second kappa shape index (κ2) is 10.3. The minimum atomic E-state index is -0.0455. The number of hydrogen-bond donors (Lipinski definition) is 2. The molecule has 0 radical (unpaired) electrons. The van der Waals surface area contributed by atoms with Gasteiger partial charge in [0.25, 0.3) is 5.91 Å². The van der Waals surface area contributed by atoms with Crippen LogP contribution in [0.25, 0.3) is 10.9 Å². The number of hydrogen-bond acceptors (Lipinski definition) is 2. The average Bonchev–Trinajstić information content (AvgIpc) is 3.14. The molecular formula is C23H27N3O2. The predicted molar refractivity (Wildman–Crippen MR) is 112 cm³/mol. The van der Waals surface area contributed by atoms with Crippen LogP contribution in [0.2, 0.25) is 0 Å². The lowest BCUT2D eigenvalue weighted by molar-refractivity contribution is -0.121. The van der Waals surface area contributed by atoms with Crippen LogP contribution in [0.5, 0.6) is 0 Å². The van der Waals surface area contributed by atoms with E-state index < -0.39 is 0 Å². The molecule has 0 aliphatic carbocycles. The molecule has 0 saturated carbocycles. The first-order chi connectivity index (χ1) is 13.7. The number of fused-ring (bicyclic) bond motifs is 1. The molecule has 1 heterocycles. The zero-order valence-electron chi connectivity index (χ0n) is 16.1. The maximum Gasteiger partial charge on any atom is 0.251 e. The normalized spacial score (nSPS) is 10.7. The number of aromatic nitrogens is 1. The third-order valence-electron chi connectivity index (χ3n) is 4.76. The van der Waals surface area contributed by atoms with Crippen LogP contribution in [0, 0.1) is 0 Å². The third-order valence-corrected chi connectivity index (χ3v) is 4.76. The van der Waals surface area contributed by atoms with Crippen LogP contribution >= 0.6 is 0 Å². The second-order valence-electron chi connectivity index (χ2n) is 6.85. The number of amides is 2. The van der Waals surface area contributed by atoms with E-state index in [-0.39, 0.29) is 11.8 Å². The minimum Gasteiger partial charge on any atom is -0.354 e. The van der Waals surface area contributed by atoms with Gasteiger partial charge in [-0.25, -0.2) is 0 Å². The standard InChI is InChI=1S/C23H27N3O2/c27-22(24-16-18-26-17-14-19-9-6-7-12-21(19)26)13-5-2-8-15-25-23(28)20-10-3-1-4-11-20/h1,3-4,6-7,9-12,14,17H,2,5,8,13,15-16,18H2,(H,24,27)(H,25,28). The van der Waals surface area contributed by atoms with Gasteiger partial charge in [-0.1, -0.05) is 42.8 Å². The molecule has 0 saturated heterocycles. The van der Waals surface area contributed by atoms with Crippen LogP contribution in [-0.4, -0.2) is 29.5 Å². The van der Waals surface area contributed by atoms with Gasteiger partial charge in [0.05, 0.1) is 0 Å². The van der Waals surface area contributed by atoms with Crippen molar-refractivity contribution >= 4 is 22.7 Å². The van der Waals surface area contributed by atoms with Crippen molar-refractivity contribution in [1.29, 1.82) is 0 Å². The van der Waals surface area contributed by atoms with Gasteiger partial charge in [0.15, 0.2) is 0 Å². The Hall–Kier alpha value is -3.08. The molecule has 5 heteroatoms. The van der Waals surface area contributed by atoms with E-state index in [1.165, 1.54) is 10.9 Å². The number of unbranched alkanes of at least 4 members (excludes halogenated alkanes) is 2. The van der Waals surface area contributed by atoms with E-state index in [1.54, 1.807) is 12.1 Å². The molecule has 0 fully saturated rings. The topological polar surface area (TPSA) is 63.1 Å². The molecule has 2 aromatic carbocycles. The number of nitrogens with zero attached hydrogens (tertiary/aromatic N) is 1. The Morgan fingerprint density at radius 1 is 0.786 bits per heavy atom. The van der Waals surface area contributed by atoms with Gasteiger partial charge in [-0.15, -0.1) is 0 Å². The molecule has 0 unspecified atom stereocenters. The van der Waals surface area contributed by atoms with E-state index in [0.717, 1.165) is 25.8 Å². The summed E-state index contributed by atoms with van der Waals surface area (Å²) in [6.07, 6.45) is 5.21. The maximum atomic E-state index is 12.0. The number of rotatable bonds is 10. The molecule has 2 amide bonds. The summed E-state index contributed by atoms with van der Waals surface area (Å²) in [6, 6.07) is 19.5. The number of para-hydroxylation sites is 1. The van der Waals surface area contributed by atoms with E-state index in [2.05, 4.69) is 39.6 Å². The first kappa shape index (κ1) is 19.7. The summed E-state index contributed by atoms with van der Waals surface area (Å²) in [6.45, 7) is 2.03. The van der Waals surface area contributed by atoms with Crippen LogP contribution in [0.1, 0.15) is 36.0 Å². The molecule has 3 aromatic rings. The minimum absolute atomic E-state index is 0.0455. The molecule has 5 nitrogen and oxygen atoms in total. The molecule has 0 atom stereocenters. The Morgan fingerprint density at radius 2 is 1.57 bits per heavy atom. The van der Waals surface area contributed by atoms with Crippen molar-refractivity contribution in [3.63, 3.8) is 0 Å². The van der Waals surface area contributed by atoms with Crippen LogP contribution in [0.4, 0.5) is 0 Å². The molecule has 28 heavy (non-hydrogen) atoms. The summed E-state index contributed by atoms with van der Waals surface area (Å²) in [5, 5.41) is 7.11. The summed E-state index contributed by atoms with van der Waals surface area (Å²) < 4.78 is 2.16. The van der Waals surface area contributed by atoms with Crippen LogP contribution in [0.3, 0.4) is 0 Å². The van der Waals surface area contributed by atoms with E-state index in [9.17, 15) is 9.59 Å². The van der Waals surface area contributed by atoms with Gasteiger partial charge in [0.1, 0.15) is 0 Å². The van der Waals surface area contributed by atoms with Crippen LogP contribution in [-0.2, 0) is 11.3 Å². The van der Waals surface area contributed by atoms with Crippen molar-refractivity contribution in [3.05, 3.63) is 72.4 Å². The largest absolute Gasteiger partial charge is 0.354 e. The number of carbonyl (C=O) groups is 2. The van der Waals surface area contributed by atoms with Gasteiger partial charge in [0.2, 0.25) is 5.91 Å².